The third kappa shape index (κ3) is 5.88. The van der Waals surface area contributed by atoms with Crippen molar-refractivity contribution in [1.82, 2.24) is 14.9 Å². The molecule has 2 aliphatic heterocycles. The standard InChI is InChI=1S/C31H37F3N6O2/c1-19(2)39-13-15-40(16-14-39)21-10-12-24(26(17-21)42-5)38-29-35-18-22(31(32,33)34)23(37-29)11-9-20-7-6-8-25-27(20)30(3,4)28(41)36-25/h6-8,10,12,17-19H,9,11,13-16H2,1-5H3,(H,36,41)(H,35,37,38). The summed E-state index contributed by atoms with van der Waals surface area (Å²) in [4.78, 5) is 25.5. The maximum atomic E-state index is 14.0. The average molecular weight is 583 g/mol. The lowest BCUT2D eigenvalue weighted by atomic mass is 9.82. The minimum atomic E-state index is -4.61. The van der Waals surface area contributed by atoms with Gasteiger partial charge in [-0.15, -0.1) is 0 Å². The van der Waals surface area contributed by atoms with Gasteiger partial charge in [-0.25, -0.2) is 9.97 Å². The van der Waals surface area contributed by atoms with Crippen LogP contribution in [0.4, 0.5) is 36.2 Å². The molecular weight excluding hydrogens is 545 g/mol. The Morgan fingerprint density at radius 1 is 1.10 bits per heavy atom. The molecule has 3 heterocycles. The number of benzene rings is 2. The van der Waals surface area contributed by atoms with E-state index in [1.165, 1.54) is 0 Å². The number of nitrogens with zero attached hydrogens (tertiary/aromatic N) is 4. The quantitative estimate of drug-likeness (QED) is 0.348. The van der Waals surface area contributed by atoms with Crippen molar-refractivity contribution in [2.45, 2.75) is 58.2 Å². The number of alkyl halides is 3. The number of fused-ring (bicyclic) bond motifs is 1. The number of anilines is 4. The number of rotatable bonds is 8. The second-order valence-electron chi connectivity index (χ2n) is 11.6. The molecule has 0 radical (unpaired) electrons. The summed E-state index contributed by atoms with van der Waals surface area (Å²) in [6.07, 6.45) is -3.49. The fourth-order valence-electron chi connectivity index (χ4n) is 5.80. The lowest BCUT2D eigenvalue weighted by Crippen LogP contribution is -2.48. The molecule has 11 heteroatoms. The highest BCUT2D eigenvalue weighted by atomic mass is 19.4. The number of amides is 1. The maximum Gasteiger partial charge on any atom is 0.419 e. The number of ether oxygens (including phenoxy) is 1. The third-order valence-electron chi connectivity index (χ3n) is 8.24. The summed E-state index contributed by atoms with van der Waals surface area (Å²) in [7, 11) is 1.55. The van der Waals surface area contributed by atoms with Crippen LogP contribution in [-0.4, -0.2) is 60.1 Å². The van der Waals surface area contributed by atoms with Crippen molar-refractivity contribution in [2.24, 2.45) is 0 Å². The summed E-state index contributed by atoms with van der Waals surface area (Å²) >= 11 is 0. The summed E-state index contributed by atoms with van der Waals surface area (Å²) in [5.41, 5.74) is 2.11. The molecule has 0 aliphatic carbocycles. The zero-order valence-electron chi connectivity index (χ0n) is 24.6. The lowest BCUT2D eigenvalue weighted by Gasteiger charge is -2.38. The first-order valence-corrected chi connectivity index (χ1v) is 14.2. The van der Waals surface area contributed by atoms with Crippen LogP contribution in [0.25, 0.3) is 0 Å². The van der Waals surface area contributed by atoms with Crippen LogP contribution in [0.2, 0.25) is 0 Å². The first-order chi connectivity index (χ1) is 19.9. The Morgan fingerprint density at radius 3 is 2.50 bits per heavy atom. The number of aromatic nitrogens is 2. The molecule has 224 valence electrons. The molecule has 1 aromatic heterocycles. The van der Waals surface area contributed by atoms with E-state index < -0.39 is 17.2 Å². The SMILES string of the molecule is COc1cc(N2CCN(C(C)C)CC2)ccc1Nc1ncc(C(F)(F)F)c(CCc2cccc3c2C(C)(C)C(=O)N3)n1. The van der Waals surface area contributed by atoms with Crippen molar-refractivity contribution in [3.05, 3.63) is 65.0 Å². The second kappa shape index (κ2) is 11.4. The van der Waals surface area contributed by atoms with Crippen molar-refractivity contribution >= 4 is 28.9 Å². The van der Waals surface area contributed by atoms with E-state index in [2.05, 4.69) is 44.2 Å². The van der Waals surface area contributed by atoms with Gasteiger partial charge in [0.25, 0.3) is 0 Å². The minimum Gasteiger partial charge on any atom is -0.494 e. The molecule has 1 amide bonds. The van der Waals surface area contributed by atoms with E-state index in [1.54, 1.807) is 13.2 Å². The smallest absolute Gasteiger partial charge is 0.419 e. The van der Waals surface area contributed by atoms with Gasteiger partial charge in [-0.2, -0.15) is 13.2 Å². The molecule has 0 spiro atoms. The number of hydrogen-bond acceptors (Lipinski definition) is 7. The Morgan fingerprint density at radius 2 is 1.83 bits per heavy atom. The number of methoxy groups -OCH3 is 1. The number of piperazine rings is 1. The minimum absolute atomic E-state index is 0.0190. The molecule has 0 saturated carbocycles. The number of carbonyl (C=O) groups is 1. The lowest BCUT2D eigenvalue weighted by molar-refractivity contribution is -0.138. The Balaban J connectivity index is 1.37. The van der Waals surface area contributed by atoms with Crippen LogP contribution >= 0.6 is 0 Å². The molecule has 2 N–H and O–H groups in total. The maximum absolute atomic E-state index is 14.0. The van der Waals surface area contributed by atoms with Gasteiger partial charge in [-0.3, -0.25) is 9.69 Å². The third-order valence-corrected chi connectivity index (χ3v) is 8.24. The van der Waals surface area contributed by atoms with Gasteiger partial charge in [0.15, 0.2) is 0 Å². The van der Waals surface area contributed by atoms with E-state index in [4.69, 9.17) is 4.74 Å². The van der Waals surface area contributed by atoms with Gasteiger partial charge in [0.2, 0.25) is 11.9 Å². The summed E-state index contributed by atoms with van der Waals surface area (Å²) in [5.74, 6) is 0.459. The first-order valence-electron chi connectivity index (χ1n) is 14.2. The largest absolute Gasteiger partial charge is 0.494 e. The van der Waals surface area contributed by atoms with Crippen molar-refractivity contribution in [3.63, 3.8) is 0 Å². The van der Waals surface area contributed by atoms with Crippen LogP contribution in [0.15, 0.2) is 42.6 Å². The zero-order chi connectivity index (χ0) is 30.2. The van der Waals surface area contributed by atoms with Gasteiger partial charge >= 0.3 is 6.18 Å². The molecule has 0 bridgehead atoms. The monoisotopic (exact) mass is 582 g/mol. The summed E-state index contributed by atoms with van der Waals surface area (Å²) in [5, 5.41) is 5.93. The first kappa shape index (κ1) is 29.6. The second-order valence-corrected chi connectivity index (χ2v) is 11.6. The Kier molecular flexibility index (Phi) is 8.06. The molecular formula is C31H37F3N6O2. The van der Waals surface area contributed by atoms with Crippen molar-refractivity contribution in [3.8, 4) is 5.75 Å². The highest BCUT2D eigenvalue weighted by Crippen LogP contribution is 2.40. The number of halogens is 3. The molecule has 42 heavy (non-hydrogen) atoms. The zero-order valence-corrected chi connectivity index (χ0v) is 24.6. The summed E-state index contributed by atoms with van der Waals surface area (Å²) in [6, 6.07) is 11.7. The van der Waals surface area contributed by atoms with E-state index in [0.717, 1.165) is 49.2 Å². The molecule has 2 aromatic carbocycles. The molecule has 0 atom stereocenters. The number of hydrogen-bond donors (Lipinski definition) is 2. The van der Waals surface area contributed by atoms with Crippen LogP contribution in [0.1, 0.15) is 50.1 Å². The summed E-state index contributed by atoms with van der Waals surface area (Å²) in [6.45, 7) is 11.8. The van der Waals surface area contributed by atoms with Gasteiger partial charge in [-0.1, -0.05) is 12.1 Å². The molecule has 5 rings (SSSR count). The van der Waals surface area contributed by atoms with Gasteiger partial charge in [0.05, 0.1) is 29.5 Å². The topological polar surface area (TPSA) is 82.6 Å². The fourth-order valence-corrected chi connectivity index (χ4v) is 5.80. The average Bonchev–Trinajstić information content (AvgIpc) is 3.19. The molecule has 0 unspecified atom stereocenters. The van der Waals surface area contributed by atoms with Gasteiger partial charge in [-0.05, 0) is 69.9 Å². The molecule has 3 aromatic rings. The number of aryl methyl sites for hydroxylation is 2. The molecule has 8 nitrogen and oxygen atoms in total. The fraction of sp³-hybridized carbons (Fsp3) is 0.452. The predicted octanol–water partition coefficient (Wildman–Crippen LogP) is 5.79. The van der Waals surface area contributed by atoms with E-state index in [1.807, 2.05) is 44.2 Å². The molecule has 1 saturated heterocycles. The Bertz CT molecular complexity index is 1470. The Labute approximate surface area is 244 Å². The van der Waals surface area contributed by atoms with Gasteiger partial charge < -0.3 is 20.3 Å². The highest BCUT2D eigenvalue weighted by molar-refractivity contribution is 6.06. The van der Waals surface area contributed by atoms with Crippen LogP contribution in [0, 0.1) is 0 Å². The highest BCUT2D eigenvalue weighted by Gasteiger charge is 2.40. The van der Waals surface area contributed by atoms with E-state index >= 15 is 0 Å². The van der Waals surface area contributed by atoms with Crippen LogP contribution in [0.3, 0.4) is 0 Å². The van der Waals surface area contributed by atoms with Crippen molar-refractivity contribution in [2.75, 3.05) is 48.8 Å². The van der Waals surface area contributed by atoms with E-state index in [9.17, 15) is 18.0 Å². The van der Waals surface area contributed by atoms with Crippen LogP contribution < -0.4 is 20.3 Å². The van der Waals surface area contributed by atoms with E-state index in [0.29, 0.717) is 23.2 Å². The molecule has 2 aliphatic rings. The normalized spacial score (nSPS) is 16.9. The predicted molar refractivity (Wildman–Crippen MR) is 158 cm³/mol. The van der Waals surface area contributed by atoms with Gasteiger partial charge in [0.1, 0.15) is 5.75 Å². The number of carbonyl (C=O) groups excluding carboxylic acids is 1. The van der Waals surface area contributed by atoms with Crippen molar-refractivity contribution < 1.29 is 22.7 Å². The van der Waals surface area contributed by atoms with Gasteiger partial charge in [0, 0.05) is 55.9 Å². The Hall–Kier alpha value is -3.86. The van der Waals surface area contributed by atoms with E-state index in [-0.39, 0.29) is 30.4 Å². The van der Waals surface area contributed by atoms with Crippen LogP contribution in [0.5, 0.6) is 5.75 Å². The van der Waals surface area contributed by atoms with Crippen molar-refractivity contribution in [1.29, 1.82) is 0 Å². The molecule has 1 fully saturated rings. The summed E-state index contributed by atoms with van der Waals surface area (Å²) < 4.78 is 47.5. The number of nitrogens with one attached hydrogen (secondary N) is 2. The van der Waals surface area contributed by atoms with Crippen LogP contribution in [-0.2, 0) is 29.2 Å².